The van der Waals surface area contributed by atoms with Gasteiger partial charge in [0.1, 0.15) is 4.88 Å². The van der Waals surface area contributed by atoms with Gasteiger partial charge in [0.15, 0.2) is 5.13 Å². The fraction of sp³-hybridized carbons (Fsp3) is 0.444. The van der Waals surface area contributed by atoms with Gasteiger partial charge in [-0.25, -0.2) is 9.78 Å². The maximum Gasteiger partial charge on any atom is 0.347 e. The topological polar surface area (TPSA) is 90.7 Å². The molecule has 0 spiro atoms. The van der Waals surface area contributed by atoms with Crippen molar-refractivity contribution in [3.63, 3.8) is 0 Å². The molecule has 2 heterocycles. The molecule has 0 radical (unpaired) electrons. The smallest absolute Gasteiger partial charge is 0.347 e. The molecular weight excluding hydrogens is 232 g/mol. The van der Waals surface area contributed by atoms with Gasteiger partial charge in [0.2, 0.25) is 5.91 Å². The number of thiazole rings is 1. The van der Waals surface area contributed by atoms with Gasteiger partial charge in [0.25, 0.3) is 0 Å². The van der Waals surface area contributed by atoms with Gasteiger partial charge >= 0.3 is 5.97 Å². The van der Waals surface area contributed by atoms with Gasteiger partial charge in [-0.3, -0.25) is 9.69 Å². The van der Waals surface area contributed by atoms with Crippen molar-refractivity contribution in [2.45, 2.75) is 6.42 Å². The van der Waals surface area contributed by atoms with Crippen LogP contribution in [0.25, 0.3) is 0 Å². The Bertz CT molecular complexity index is 431. The summed E-state index contributed by atoms with van der Waals surface area (Å²) >= 11 is 0.967. The number of carboxylic acids is 1. The quantitative estimate of drug-likeness (QED) is 0.789. The van der Waals surface area contributed by atoms with Gasteiger partial charge in [-0.05, 0) is 0 Å². The Kier molecular flexibility index (Phi) is 2.88. The number of aliphatic hydroxyl groups is 1. The molecule has 0 saturated carbocycles. The van der Waals surface area contributed by atoms with Crippen LogP contribution in [0.1, 0.15) is 16.1 Å². The molecule has 86 valence electrons. The van der Waals surface area contributed by atoms with Crippen LogP contribution in [0.4, 0.5) is 5.13 Å². The molecule has 1 aliphatic heterocycles. The summed E-state index contributed by atoms with van der Waals surface area (Å²) < 4.78 is 0. The maximum atomic E-state index is 11.6. The molecule has 1 aliphatic rings. The van der Waals surface area contributed by atoms with E-state index in [1.807, 2.05) is 0 Å². The highest BCUT2D eigenvalue weighted by molar-refractivity contribution is 7.17. The predicted octanol–water partition coefficient (Wildman–Crippen LogP) is 0.186. The number of hydrogen-bond acceptors (Lipinski definition) is 5. The minimum atomic E-state index is -1.05. The van der Waals surface area contributed by atoms with E-state index in [0.717, 1.165) is 11.3 Å². The van der Waals surface area contributed by atoms with E-state index in [1.54, 1.807) is 0 Å². The van der Waals surface area contributed by atoms with Crippen LogP contribution in [-0.2, 0) is 4.79 Å². The van der Waals surface area contributed by atoms with Crippen molar-refractivity contribution in [2.75, 3.05) is 18.1 Å². The Hall–Kier alpha value is -1.47. The largest absolute Gasteiger partial charge is 0.477 e. The van der Waals surface area contributed by atoms with Crippen molar-refractivity contribution >= 4 is 28.3 Å². The zero-order valence-electron chi connectivity index (χ0n) is 8.29. The van der Waals surface area contributed by atoms with Gasteiger partial charge in [0, 0.05) is 25.5 Å². The third-order valence-electron chi connectivity index (χ3n) is 2.40. The first-order valence-electron chi connectivity index (χ1n) is 4.72. The van der Waals surface area contributed by atoms with Crippen molar-refractivity contribution in [3.05, 3.63) is 11.1 Å². The molecule has 1 aromatic heterocycles. The molecule has 1 amide bonds. The van der Waals surface area contributed by atoms with Crippen LogP contribution in [0.2, 0.25) is 0 Å². The molecule has 1 fully saturated rings. The second kappa shape index (κ2) is 4.18. The number of nitrogens with zero attached hydrogens (tertiary/aromatic N) is 2. The van der Waals surface area contributed by atoms with Crippen LogP contribution < -0.4 is 4.90 Å². The van der Waals surface area contributed by atoms with E-state index in [1.165, 1.54) is 11.1 Å². The Labute approximate surface area is 95.1 Å². The highest BCUT2D eigenvalue weighted by atomic mass is 32.1. The molecule has 1 saturated heterocycles. The van der Waals surface area contributed by atoms with Crippen LogP contribution in [0.5, 0.6) is 0 Å². The summed E-state index contributed by atoms with van der Waals surface area (Å²) in [5.74, 6) is -1.25. The zero-order chi connectivity index (χ0) is 11.7. The average molecular weight is 242 g/mol. The van der Waals surface area contributed by atoms with Crippen molar-refractivity contribution < 1.29 is 19.8 Å². The fourth-order valence-corrected chi connectivity index (χ4v) is 2.36. The van der Waals surface area contributed by atoms with E-state index in [4.69, 9.17) is 10.2 Å². The molecule has 16 heavy (non-hydrogen) atoms. The Morgan fingerprint density at radius 2 is 2.44 bits per heavy atom. The summed E-state index contributed by atoms with van der Waals surface area (Å²) in [7, 11) is 0. The molecule has 1 atom stereocenters. The molecule has 7 heteroatoms. The molecule has 1 aromatic rings. The predicted molar refractivity (Wildman–Crippen MR) is 56.6 cm³/mol. The maximum absolute atomic E-state index is 11.6. The molecule has 0 bridgehead atoms. The van der Waals surface area contributed by atoms with Crippen molar-refractivity contribution in [3.8, 4) is 0 Å². The lowest BCUT2D eigenvalue weighted by Gasteiger charge is -2.11. The minimum Gasteiger partial charge on any atom is -0.477 e. The third-order valence-corrected chi connectivity index (χ3v) is 3.41. The van der Waals surface area contributed by atoms with E-state index in [0.29, 0.717) is 18.1 Å². The number of aliphatic hydroxyl groups excluding tert-OH is 1. The molecule has 2 N–H and O–H groups in total. The van der Waals surface area contributed by atoms with Gasteiger partial charge < -0.3 is 10.2 Å². The lowest BCUT2D eigenvalue weighted by atomic mass is 10.1. The Balaban J connectivity index is 2.18. The van der Waals surface area contributed by atoms with E-state index in [2.05, 4.69) is 4.98 Å². The number of carbonyl (C=O) groups is 2. The Morgan fingerprint density at radius 1 is 1.69 bits per heavy atom. The zero-order valence-corrected chi connectivity index (χ0v) is 9.11. The average Bonchev–Trinajstić information content (AvgIpc) is 2.83. The number of rotatable bonds is 3. The minimum absolute atomic E-state index is 0.0423. The van der Waals surface area contributed by atoms with E-state index in [9.17, 15) is 9.59 Å². The summed E-state index contributed by atoms with van der Waals surface area (Å²) in [6.45, 7) is 0.362. The lowest BCUT2D eigenvalue weighted by Crippen LogP contribution is -2.24. The highest BCUT2D eigenvalue weighted by Crippen LogP contribution is 2.28. The van der Waals surface area contributed by atoms with Crippen LogP contribution in [0, 0.1) is 5.92 Å². The Morgan fingerprint density at radius 3 is 2.94 bits per heavy atom. The number of aromatic nitrogens is 1. The summed E-state index contributed by atoms with van der Waals surface area (Å²) in [6.07, 6.45) is 1.53. The second-order valence-electron chi connectivity index (χ2n) is 3.57. The van der Waals surface area contributed by atoms with Gasteiger partial charge in [-0.1, -0.05) is 11.3 Å². The number of carboxylic acid groups (broad SMARTS) is 1. The van der Waals surface area contributed by atoms with Crippen LogP contribution >= 0.6 is 11.3 Å². The van der Waals surface area contributed by atoms with E-state index < -0.39 is 5.97 Å². The first-order chi connectivity index (χ1) is 7.61. The molecule has 6 nitrogen and oxygen atoms in total. The number of carbonyl (C=O) groups excluding carboxylic acids is 1. The highest BCUT2D eigenvalue weighted by Gasteiger charge is 2.32. The van der Waals surface area contributed by atoms with E-state index in [-0.39, 0.29) is 23.3 Å². The summed E-state index contributed by atoms with van der Waals surface area (Å²) in [4.78, 5) is 27.7. The fourth-order valence-electron chi connectivity index (χ4n) is 1.58. The second-order valence-corrected chi connectivity index (χ2v) is 4.58. The monoisotopic (exact) mass is 242 g/mol. The standard InChI is InChI=1S/C9H10N2O4S/c12-4-5-1-7(13)11(3-5)9-10-2-6(16-9)8(14)15/h2,5,12H,1,3-4H2,(H,14,15). The molecule has 2 rings (SSSR count). The molecule has 0 aromatic carbocycles. The SMILES string of the molecule is O=C(O)c1cnc(N2CC(CO)CC2=O)s1. The van der Waals surface area contributed by atoms with Crippen molar-refractivity contribution in [1.29, 1.82) is 0 Å². The van der Waals surface area contributed by atoms with Crippen LogP contribution in [0.3, 0.4) is 0 Å². The number of hydrogen-bond donors (Lipinski definition) is 2. The van der Waals surface area contributed by atoms with Crippen LogP contribution in [-0.4, -0.2) is 40.2 Å². The van der Waals surface area contributed by atoms with Gasteiger partial charge in [-0.15, -0.1) is 0 Å². The van der Waals surface area contributed by atoms with Crippen LogP contribution in [0.15, 0.2) is 6.20 Å². The van der Waals surface area contributed by atoms with E-state index >= 15 is 0 Å². The number of aromatic carboxylic acids is 1. The number of amides is 1. The third kappa shape index (κ3) is 1.91. The normalized spacial score (nSPS) is 20.4. The first-order valence-corrected chi connectivity index (χ1v) is 5.54. The molecule has 1 unspecified atom stereocenters. The van der Waals surface area contributed by atoms with Crippen molar-refractivity contribution in [1.82, 2.24) is 4.98 Å². The van der Waals surface area contributed by atoms with Gasteiger partial charge in [-0.2, -0.15) is 0 Å². The van der Waals surface area contributed by atoms with Gasteiger partial charge in [0.05, 0.1) is 6.20 Å². The van der Waals surface area contributed by atoms with Crippen molar-refractivity contribution in [2.24, 2.45) is 5.92 Å². The summed E-state index contributed by atoms with van der Waals surface area (Å²) in [5, 5.41) is 18.1. The lowest BCUT2D eigenvalue weighted by molar-refractivity contribution is -0.117. The first kappa shape index (κ1) is 11.0. The number of anilines is 1. The summed E-state index contributed by atoms with van der Waals surface area (Å²) in [6, 6.07) is 0. The molecular formula is C9H10N2O4S. The summed E-state index contributed by atoms with van der Waals surface area (Å²) in [5.41, 5.74) is 0. The molecule has 0 aliphatic carbocycles.